The lowest BCUT2D eigenvalue weighted by atomic mass is 9.93. The van der Waals surface area contributed by atoms with Gasteiger partial charge in [-0.2, -0.15) is 0 Å². The van der Waals surface area contributed by atoms with Crippen molar-refractivity contribution in [2.24, 2.45) is 5.41 Å². The van der Waals surface area contributed by atoms with Crippen molar-refractivity contribution in [3.63, 3.8) is 0 Å². The summed E-state index contributed by atoms with van der Waals surface area (Å²) >= 11 is 0. The van der Waals surface area contributed by atoms with Crippen molar-refractivity contribution in [2.45, 2.75) is 34.6 Å². The van der Waals surface area contributed by atoms with Crippen LogP contribution in [0.4, 0.5) is 0 Å². The Morgan fingerprint density at radius 3 is 2.52 bits per heavy atom. The standard InChI is InChI=1S/C19H21N3O5/c1-9-6-12(11(3)26-9)14-7-13(15-10(2)22-27-17(15)21-14)16(23)20-8-19(4,5)18(24)25/h6-7H,8H2,1-5H3,(H,20,23)(H,24,25). The fourth-order valence-corrected chi connectivity index (χ4v) is 2.77. The van der Waals surface area contributed by atoms with Crippen LogP contribution in [0.3, 0.4) is 0 Å². The Labute approximate surface area is 155 Å². The highest BCUT2D eigenvalue weighted by atomic mass is 16.5. The molecule has 0 aliphatic carbocycles. The zero-order valence-corrected chi connectivity index (χ0v) is 15.8. The molecule has 0 atom stereocenters. The quantitative estimate of drug-likeness (QED) is 0.706. The molecule has 0 bridgehead atoms. The number of amides is 1. The van der Waals surface area contributed by atoms with Gasteiger partial charge in [-0.1, -0.05) is 5.16 Å². The summed E-state index contributed by atoms with van der Waals surface area (Å²) in [5.74, 6) is -0.00234. The lowest BCUT2D eigenvalue weighted by Crippen LogP contribution is -2.39. The van der Waals surface area contributed by atoms with Crippen molar-refractivity contribution in [1.29, 1.82) is 0 Å². The zero-order valence-electron chi connectivity index (χ0n) is 15.8. The molecule has 0 spiro atoms. The predicted molar refractivity (Wildman–Crippen MR) is 97.5 cm³/mol. The van der Waals surface area contributed by atoms with E-state index in [1.54, 1.807) is 26.8 Å². The van der Waals surface area contributed by atoms with E-state index in [0.717, 1.165) is 11.3 Å². The lowest BCUT2D eigenvalue weighted by Gasteiger charge is -2.19. The molecular formula is C19H21N3O5. The second-order valence-corrected chi connectivity index (χ2v) is 7.20. The molecule has 3 aromatic heterocycles. The highest BCUT2D eigenvalue weighted by molar-refractivity contribution is 6.07. The Hall–Kier alpha value is -3.16. The Bertz CT molecular complexity index is 1050. The maximum atomic E-state index is 12.8. The summed E-state index contributed by atoms with van der Waals surface area (Å²) in [4.78, 5) is 28.6. The number of hydrogen-bond acceptors (Lipinski definition) is 6. The fourth-order valence-electron chi connectivity index (χ4n) is 2.77. The molecule has 0 saturated carbocycles. The summed E-state index contributed by atoms with van der Waals surface area (Å²) in [7, 11) is 0. The molecule has 1 amide bonds. The van der Waals surface area contributed by atoms with Gasteiger partial charge in [0.25, 0.3) is 11.6 Å². The number of carbonyl (C=O) groups is 2. The van der Waals surface area contributed by atoms with Gasteiger partial charge in [-0.25, -0.2) is 4.98 Å². The van der Waals surface area contributed by atoms with Gasteiger partial charge in [-0.15, -0.1) is 0 Å². The summed E-state index contributed by atoms with van der Waals surface area (Å²) in [6.07, 6.45) is 0. The molecule has 27 heavy (non-hydrogen) atoms. The van der Waals surface area contributed by atoms with E-state index in [1.807, 2.05) is 19.9 Å². The van der Waals surface area contributed by atoms with Gasteiger partial charge in [0.05, 0.1) is 27.8 Å². The van der Waals surface area contributed by atoms with E-state index in [2.05, 4.69) is 15.5 Å². The third kappa shape index (κ3) is 3.42. The molecule has 0 saturated heterocycles. The van der Waals surface area contributed by atoms with Crippen LogP contribution in [0.2, 0.25) is 0 Å². The third-order valence-corrected chi connectivity index (χ3v) is 4.45. The van der Waals surface area contributed by atoms with Crippen molar-refractivity contribution in [2.75, 3.05) is 6.54 Å². The lowest BCUT2D eigenvalue weighted by molar-refractivity contribution is -0.146. The van der Waals surface area contributed by atoms with Crippen LogP contribution >= 0.6 is 0 Å². The Kier molecular flexibility index (Phi) is 4.51. The Morgan fingerprint density at radius 1 is 1.22 bits per heavy atom. The fraction of sp³-hybridized carbons (Fsp3) is 0.368. The van der Waals surface area contributed by atoms with Gasteiger partial charge in [-0.05, 0) is 46.8 Å². The van der Waals surface area contributed by atoms with E-state index in [9.17, 15) is 14.7 Å². The average molecular weight is 371 g/mol. The van der Waals surface area contributed by atoms with Crippen LogP contribution in [-0.4, -0.2) is 33.7 Å². The molecule has 3 rings (SSSR count). The van der Waals surface area contributed by atoms with E-state index in [-0.39, 0.29) is 12.3 Å². The van der Waals surface area contributed by atoms with Crippen LogP contribution in [0.5, 0.6) is 0 Å². The van der Waals surface area contributed by atoms with Gasteiger partial charge in [-0.3, -0.25) is 9.59 Å². The van der Waals surface area contributed by atoms with Crippen molar-refractivity contribution in [1.82, 2.24) is 15.5 Å². The number of fused-ring (bicyclic) bond motifs is 1. The van der Waals surface area contributed by atoms with Crippen LogP contribution in [0, 0.1) is 26.2 Å². The van der Waals surface area contributed by atoms with Gasteiger partial charge in [0.2, 0.25) is 0 Å². The number of carboxylic acids is 1. The van der Waals surface area contributed by atoms with E-state index in [4.69, 9.17) is 8.94 Å². The summed E-state index contributed by atoms with van der Waals surface area (Å²) < 4.78 is 10.8. The van der Waals surface area contributed by atoms with E-state index in [0.29, 0.717) is 28.1 Å². The van der Waals surface area contributed by atoms with Crippen LogP contribution in [0.15, 0.2) is 21.1 Å². The number of carbonyl (C=O) groups excluding carboxylic acids is 1. The number of rotatable bonds is 5. The van der Waals surface area contributed by atoms with E-state index >= 15 is 0 Å². The van der Waals surface area contributed by atoms with Gasteiger partial charge in [0.1, 0.15) is 11.5 Å². The van der Waals surface area contributed by atoms with Crippen LogP contribution in [-0.2, 0) is 4.79 Å². The molecule has 8 nitrogen and oxygen atoms in total. The topological polar surface area (TPSA) is 118 Å². The number of carboxylic acid groups (broad SMARTS) is 1. The molecule has 0 unspecified atom stereocenters. The first-order valence-electron chi connectivity index (χ1n) is 8.46. The molecular weight excluding hydrogens is 350 g/mol. The summed E-state index contributed by atoms with van der Waals surface area (Å²) in [6.45, 7) is 8.44. The predicted octanol–water partition coefficient (Wildman–Crippen LogP) is 3.25. The number of aliphatic carboxylic acids is 1. The molecule has 8 heteroatoms. The summed E-state index contributed by atoms with van der Waals surface area (Å²) in [6, 6.07) is 3.48. The number of hydrogen-bond donors (Lipinski definition) is 2. The molecule has 0 fully saturated rings. The monoisotopic (exact) mass is 371 g/mol. The maximum absolute atomic E-state index is 12.8. The minimum absolute atomic E-state index is 0.0194. The number of pyridine rings is 1. The van der Waals surface area contributed by atoms with Gasteiger partial charge >= 0.3 is 5.97 Å². The van der Waals surface area contributed by atoms with Gasteiger partial charge < -0.3 is 19.4 Å². The molecule has 2 N–H and O–H groups in total. The highest BCUT2D eigenvalue weighted by Crippen LogP contribution is 2.30. The first-order chi connectivity index (χ1) is 12.6. The van der Waals surface area contributed by atoms with Crippen LogP contribution < -0.4 is 5.32 Å². The average Bonchev–Trinajstić information content (AvgIpc) is 3.13. The van der Waals surface area contributed by atoms with E-state index in [1.165, 1.54) is 0 Å². The molecule has 0 aliphatic heterocycles. The highest BCUT2D eigenvalue weighted by Gasteiger charge is 2.29. The third-order valence-electron chi connectivity index (χ3n) is 4.45. The van der Waals surface area contributed by atoms with E-state index < -0.39 is 17.3 Å². The largest absolute Gasteiger partial charge is 0.481 e. The van der Waals surface area contributed by atoms with Crippen LogP contribution in [0.25, 0.3) is 22.4 Å². The second kappa shape index (κ2) is 6.53. The number of aryl methyl sites for hydroxylation is 3. The van der Waals surface area contributed by atoms with Gasteiger partial charge in [0, 0.05) is 12.1 Å². The maximum Gasteiger partial charge on any atom is 0.310 e. The first kappa shape index (κ1) is 18.6. The van der Waals surface area contributed by atoms with Crippen molar-refractivity contribution >= 4 is 23.0 Å². The Balaban J connectivity index is 2.05. The number of aromatic nitrogens is 2. The normalized spacial score (nSPS) is 11.7. The smallest absolute Gasteiger partial charge is 0.310 e. The van der Waals surface area contributed by atoms with Crippen molar-refractivity contribution in [3.8, 4) is 11.3 Å². The number of furan rings is 1. The SMILES string of the molecule is Cc1cc(-c2cc(C(=O)NCC(C)(C)C(=O)O)c3c(C)noc3n2)c(C)o1. The minimum Gasteiger partial charge on any atom is -0.481 e. The molecule has 0 aliphatic rings. The molecule has 3 aromatic rings. The molecule has 142 valence electrons. The summed E-state index contributed by atoms with van der Waals surface area (Å²) in [5.41, 5.74) is 1.29. The molecule has 3 heterocycles. The number of nitrogens with zero attached hydrogens (tertiary/aromatic N) is 2. The minimum atomic E-state index is -1.09. The van der Waals surface area contributed by atoms with Gasteiger partial charge in [0.15, 0.2) is 0 Å². The van der Waals surface area contributed by atoms with Crippen LogP contribution in [0.1, 0.15) is 41.4 Å². The second-order valence-electron chi connectivity index (χ2n) is 7.20. The summed E-state index contributed by atoms with van der Waals surface area (Å²) in [5, 5.41) is 16.3. The Morgan fingerprint density at radius 2 is 1.93 bits per heavy atom. The van der Waals surface area contributed by atoms with Crippen molar-refractivity contribution in [3.05, 3.63) is 34.9 Å². The zero-order chi connectivity index (χ0) is 19.9. The number of nitrogens with one attached hydrogen (secondary N) is 1. The molecule has 0 aromatic carbocycles. The van der Waals surface area contributed by atoms with Crippen molar-refractivity contribution < 1.29 is 23.6 Å². The molecule has 0 radical (unpaired) electrons. The first-order valence-corrected chi connectivity index (χ1v) is 8.46.